The van der Waals surface area contributed by atoms with E-state index in [4.69, 9.17) is 4.74 Å². The van der Waals surface area contributed by atoms with Gasteiger partial charge in [-0.05, 0) is 43.9 Å². The van der Waals surface area contributed by atoms with Gasteiger partial charge >= 0.3 is 0 Å². The summed E-state index contributed by atoms with van der Waals surface area (Å²) < 4.78 is 4.97. The van der Waals surface area contributed by atoms with Crippen LogP contribution < -0.4 is 10.6 Å². The number of nitrogens with zero attached hydrogens (tertiary/aromatic N) is 1. The summed E-state index contributed by atoms with van der Waals surface area (Å²) in [5.74, 6) is 2.36. The smallest absolute Gasteiger partial charge is 0.252 e. The van der Waals surface area contributed by atoms with E-state index in [0.717, 1.165) is 31.1 Å². The van der Waals surface area contributed by atoms with Gasteiger partial charge in [0.15, 0.2) is 5.96 Å². The molecule has 1 heterocycles. The highest BCUT2D eigenvalue weighted by Gasteiger charge is 2.50. The Kier molecular flexibility index (Phi) is 3.48. The number of guanidine groups is 1. The Morgan fingerprint density at radius 2 is 2.21 bits per heavy atom. The van der Waals surface area contributed by atoms with E-state index in [9.17, 15) is 4.79 Å². The lowest BCUT2D eigenvalue weighted by atomic mass is 9.74. The molecule has 0 bridgehead atoms. The maximum atomic E-state index is 12.3. The molecule has 2 aliphatic carbocycles. The van der Waals surface area contributed by atoms with E-state index in [1.165, 1.54) is 19.3 Å². The molecule has 1 aliphatic heterocycles. The van der Waals surface area contributed by atoms with Crippen molar-refractivity contribution in [2.24, 2.45) is 16.8 Å². The molecule has 2 atom stereocenters. The van der Waals surface area contributed by atoms with Gasteiger partial charge in [-0.15, -0.1) is 0 Å². The van der Waals surface area contributed by atoms with Crippen LogP contribution in [0.25, 0.3) is 0 Å². The predicted molar refractivity (Wildman–Crippen MR) is 72.9 cm³/mol. The van der Waals surface area contributed by atoms with Crippen molar-refractivity contribution in [3.05, 3.63) is 0 Å². The zero-order valence-corrected chi connectivity index (χ0v) is 11.6. The van der Waals surface area contributed by atoms with Crippen LogP contribution in [0, 0.1) is 11.8 Å². The van der Waals surface area contributed by atoms with E-state index in [2.05, 4.69) is 15.6 Å². The lowest BCUT2D eigenvalue weighted by molar-refractivity contribution is -0.125. The first-order valence-corrected chi connectivity index (χ1v) is 7.36. The highest BCUT2D eigenvalue weighted by molar-refractivity contribution is 6.09. The molecule has 19 heavy (non-hydrogen) atoms. The van der Waals surface area contributed by atoms with Gasteiger partial charge < -0.3 is 10.1 Å². The summed E-state index contributed by atoms with van der Waals surface area (Å²) in [6, 6.07) is 0. The number of carbonyl (C=O) groups excluding carboxylic acids is 1. The van der Waals surface area contributed by atoms with Crippen LogP contribution in [0.3, 0.4) is 0 Å². The van der Waals surface area contributed by atoms with E-state index in [1.807, 2.05) is 0 Å². The van der Waals surface area contributed by atoms with E-state index < -0.39 is 0 Å². The molecule has 0 aromatic rings. The molecule has 1 spiro atoms. The molecule has 106 valence electrons. The van der Waals surface area contributed by atoms with Crippen LogP contribution in [0.4, 0.5) is 0 Å². The molecule has 1 saturated heterocycles. The zero-order valence-electron chi connectivity index (χ0n) is 11.6. The topological polar surface area (TPSA) is 62.7 Å². The van der Waals surface area contributed by atoms with Crippen molar-refractivity contribution in [2.75, 3.05) is 20.3 Å². The molecule has 2 unspecified atom stereocenters. The highest BCUT2D eigenvalue weighted by Crippen LogP contribution is 2.47. The maximum absolute atomic E-state index is 12.3. The Labute approximate surface area is 114 Å². The number of methoxy groups -OCH3 is 1. The molecular formula is C14H23N3O2. The monoisotopic (exact) mass is 265 g/mol. The van der Waals surface area contributed by atoms with Crippen molar-refractivity contribution in [3.8, 4) is 0 Å². The second-order valence-corrected chi connectivity index (χ2v) is 6.08. The third-order valence-electron chi connectivity index (χ3n) is 4.67. The van der Waals surface area contributed by atoms with Crippen LogP contribution in [0.5, 0.6) is 0 Å². The molecule has 3 aliphatic rings. The van der Waals surface area contributed by atoms with Crippen molar-refractivity contribution in [1.82, 2.24) is 10.6 Å². The molecule has 0 aromatic carbocycles. The molecule has 3 rings (SSSR count). The van der Waals surface area contributed by atoms with Crippen LogP contribution in [0.1, 0.15) is 38.5 Å². The minimum atomic E-state index is -0.378. The average molecular weight is 265 g/mol. The summed E-state index contributed by atoms with van der Waals surface area (Å²) in [5.41, 5.74) is -0.378. The fraction of sp³-hybridized carbons (Fsp3) is 0.857. The minimum Gasteiger partial charge on any atom is -0.383 e. The van der Waals surface area contributed by atoms with E-state index in [-0.39, 0.29) is 11.4 Å². The third-order valence-corrected chi connectivity index (χ3v) is 4.67. The zero-order chi connectivity index (χ0) is 13.3. The first kappa shape index (κ1) is 12.9. The number of ether oxygens (including phenoxy) is 1. The SMILES string of the molecule is COCCN=C1NC(=O)C2(CCCC(C3CC3)C2)N1. The lowest BCUT2D eigenvalue weighted by Crippen LogP contribution is -2.50. The number of hydrogen-bond acceptors (Lipinski definition) is 3. The fourth-order valence-corrected chi connectivity index (χ4v) is 3.48. The van der Waals surface area contributed by atoms with Gasteiger partial charge in [-0.25, -0.2) is 0 Å². The summed E-state index contributed by atoms with van der Waals surface area (Å²) >= 11 is 0. The van der Waals surface area contributed by atoms with Gasteiger partial charge in [0.05, 0.1) is 13.2 Å². The number of aliphatic imine (C=N–C) groups is 1. The van der Waals surface area contributed by atoms with Crippen LogP contribution in [-0.2, 0) is 9.53 Å². The maximum Gasteiger partial charge on any atom is 0.252 e. The van der Waals surface area contributed by atoms with Crippen molar-refractivity contribution in [3.63, 3.8) is 0 Å². The summed E-state index contributed by atoms with van der Waals surface area (Å²) in [6.45, 7) is 1.17. The summed E-state index contributed by atoms with van der Waals surface area (Å²) in [6.07, 6.45) is 7.07. The highest BCUT2D eigenvalue weighted by atomic mass is 16.5. The lowest BCUT2D eigenvalue weighted by Gasteiger charge is -2.35. The van der Waals surface area contributed by atoms with Gasteiger partial charge in [-0.3, -0.25) is 15.1 Å². The number of rotatable bonds is 4. The summed E-state index contributed by atoms with van der Waals surface area (Å²) in [7, 11) is 1.66. The molecule has 0 aromatic heterocycles. The number of carbonyl (C=O) groups is 1. The average Bonchev–Trinajstić information content (AvgIpc) is 3.19. The van der Waals surface area contributed by atoms with Crippen molar-refractivity contribution < 1.29 is 9.53 Å². The van der Waals surface area contributed by atoms with Gasteiger partial charge in [-0.1, -0.05) is 6.42 Å². The van der Waals surface area contributed by atoms with Crippen LogP contribution in [-0.4, -0.2) is 37.7 Å². The van der Waals surface area contributed by atoms with E-state index in [1.54, 1.807) is 7.11 Å². The van der Waals surface area contributed by atoms with Gasteiger partial charge in [0.25, 0.3) is 5.91 Å². The van der Waals surface area contributed by atoms with Crippen molar-refractivity contribution >= 4 is 11.9 Å². The van der Waals surface area contributed by atoms with E-state index in [0.29, 0.717) is 19.1 Å². The number of nitrogens with one attached hydrogen (secondary N) is 2. The molecular weight excluding hydrogens is 242 g/mol. The minimum absolute atomic E-state index is 0.119. The largest absolute Gasteiger partial charge is 0.383 e. The van der Waals surface area contributed by atoms with Crippen LogP contribution >= 0.6 is 0 Å². The van der Waals surface area contributed by atoms with Gasteiger partial charge in [0, 0.05) is 7.11 Å². The molecule has 5 heteroatoms. The Morgan fingerprint density at radius 1 is 1.37 bits per heavy atom. The standard InChI is InChI=1S/C14H23N3O2/c1-19-8-7-15-13-16-12(18)14(17-13)6-2-3-11(9-14)10-4-5-10/h10-11H,2-9H2,1H3,(H2,15,16,17,18). The first-order valence-electron chi connectivity index (χ1n) is 7.36. The molecule has 1 amide bonds. The molecule has 3 fully saturated rings. The van der Waals surface area contributed by atoms with Gasteiger partial charge in [0.1, 0.15) is 5.54 Å². The molecule has 5 nitrogen and oxygen atoms in total. The Bertz CT molecular complexity index is 392. The van der Waals surface area contributed by atoms with Gasteiger partial charge in [0.2, 0.25) is 0 Å². The third kappa shape index (κ3) is 2.61. The Morgan fingerprint density at radius 3 is 2.95 bits per heavy atom. The molecule has 0 radical (unpaired) electrons. The summed E-state index contributed by atoms with van der Waals surface area (Å²) in [4.78, 5) is 16.6. The number of amides is 1. The van der Waals surface area contributed by atoms with Crippen molar-refractivity contribution in [2.45, 2.75) is 44.1 Å². The number of hydrogen-bond donors (Lipinski definition) is 2. The second-order valence-electron chi connectivity index (χ2n) is 6.08. The second kappa shape index (κ2) is 5.12. The van der Waals surface area contributed by atoms with E-state index >= 15 is 0 Å². The summed E-state index contributed by atoms with van der Waals surface area (Å²) in [5, 5.41) is 6.26. The molecule has 2 saturated carbocycles. The van der Waals surface area contributed by atoms with Crippen LogP contribution in [0.15, 0.2) is 4.99 Å². The van der Waals surface area contributed by atoms with Gasteiger partial charge in [-0.2, -0.15) is 0 Å². The Balaban J connectivity index is 1.66. The van der Waals surface area contributed by atoms with Crippen LogP contribution in [0.2, 0.25) is 0 Å². The quantitative estimate of drug-likeness (QED) is 0.747. The first-order chi connectivity index (χ1) is 9.23. The Hall–Kier alpha value is -1.10. The fourth-order valence-electron chi connectivity index (χ4n) is 3.48. The normalized spacial score (nSPS) is 36.6. The molecule has 2 N–H and O–H groups in total. The predicted octanol–water partition coefficient (Wildman–Crippen LogP) is 1.05. The van der Waals surface area contributed by atoms with Crippen molar-refractivity contribution in [1.29, 1.82) is 0 Å².